The van der Waals surface area contributed by atoms with Gasteiger partial charge in [0, 0.05) is 38.2 Å². The third-order valence-electron chi connectivity index (χ3n) is 8.71. The molecule has 0 aromatic heterocycles. The average molecular weight is 494 g/mol. The first kappa shape index (κ1) is 25.5. The van der Waals surface area contributed by atoms with Crippen LogP contribution in [0, 0.1) is 17.8 Å². The lowest BCUT2D eigenvalue weighted by atomic mass is 9.84. The first-order valence-electron chi connectivity index (χ1n) is 14.4. The largest absolute Gasteiger partial charge is 0.376 e. The summed E-state index contributed by atoms with van der Waals surface area (Å²) in [6, 6.07) is 10.5. The van der Waals surface area contributed by atoms with Crippen LogP contribution >= 0.6 is 0 Å². The van der Waals surface area contributed by atoms with E-state index < -0.39 is 0 Å². The van der Waals surface area contributed by atoms with Gasteiger partial charge in [-0.1, -0.05) is 75.3 Å². The summed E-state index contributed by atoms with van der Waals surface area (Å²) in [4.78, 5) is 27.6. The number of benzene rings is 1. The van der Waals surface area contributed by atoms with Gasteiger partial charge in [-0.15, -0.1) is 0 Å². The molecule has 0 bridgehead atoms. The molecular formula is C30H43N3O3. The summed E-state index contributed by atoms with van der Waals surface area (Å²) in [5, 5.41) is 3.42. The molecule has 3 atom stereocenters. The summed E-state index contributed by atoms with van der Waals surface area (Å²) in [6.07, 6.45) is 13.2. The maximum Gasteiger partial charge on any atom is 0.253 e. The number of anilines is 2. The molecule has 2 aliphatic carbocycles. The van der Waals surface area contributed by atoms with Crippen molar-refractivity contribution in [3.8, 4) is 0 Å². The van der Waals surface area contributed by atoms with Crippen LogP contribution in [0.1, 0.15) is 82.3 Å². The van der Waals surface area contributed by atoms with E-state index in [0.29, 0.717) is 23.8 Å². The Morgan fingerprint density at radius 3 is 2.44 bits per heavy atom. The summed E-state index contributed by atoms with van der Waals surface area (Å²) >= 11 is 0. The van der Waals surface area contributed by atoms with Crippen molar-refractivity contribution in [2.75, 3.05) is 36.5 Å². The van der Waals surface area contributed by atoms with Gasteiger partial charge < -0.3 is 20.7 Å². The summed E-state index contributed by atoms with van der Waals surface area (Å²) < 4.78 is 6.51. The van der Waals surface area contributed by atoms with E-state index in [4.69, 9.17) is 10.5 Å². The lowest BCUT2D eigenvalue weighted by Crippen LogP contribution is -2.48. The van der Waals surface area contributed by atoms with Crippen LogP contribution in [-0.4, -0.2) is 32.3 Å². The van der Waals surface area contributed by atoms with Gasteiger partial charge in [0.2, 0.25) is 0 Å². The van der Waals surface area contributed by atoms with E-state index in [1.54, 1.807) is 0 Å². The van der Waals surface area contributed by atoms with Gasteiger partial charge in [0.15, 0.2) is 0 Å². The number of nitrogens with zero attached hydrogens (tertiary/aromatic N) is 1. The van der Waals surface area contributed by atoms with Crippen molar-refractivity contribution in [3.63, 3.8) is 0 Å². The SMILES string of the molecule is NCC(CC1CCCCC1)Nc1c(N2CCCC(C(OCCC3CC3)c3ccccc3)C2)c(=O)c1=O. The van der Waals surface area contributed by atoms with Crippen molar-refractivity contribution in [2.24, 2.45) is 23.5 Å². The van der Waals surface area contributed by atoms with Gasteiger partial charge >= 0.3 is 0 Å². The second kappa shape index (κ2) is 11.9. The number of hydrogen-bond donors (Lipinski definition) is 2. The molecule has 1 saturated heterocycles. The molecule has 2 aromatic rings. The van der Waals surface area contributed by atoms with Gasteiger partial charge in [-0.3, -0.25) is 9.59 Å². The number of nitrogens with two attached hydrogens (primary N) is 1. The van der Waals surface area contributed by atoms with Crippen molar-refractivity contribution in [2.45, 2.75) is 82.8 Å². The van der Waals surface area contributed by atoms with E-state index in [9.17, 15) is 9.59 Å². The molecule has 6 nitrogen and oxygen atoms in total. The number of ether oxygens (including phenoxy) is 1. The number of piperidine rings is 1. The molecule has 196 valence electrons. The zero-order valence-corrected chi connectivity index (χ0v) is 21.6. The van der Waals surface area contributed by atoms with Gasteiger partial charge in [0.25, 0.3) is 10.9 Å². The van der Waals surface area contributed by atoms with E-state index in [1.165, 1.54) is 50.5 Å². The van der Waals surface area contributed by atoms with Crippen molar-refractivity contribution >= 4 is 11.4 Å². The lowest BCUT2D eigenvalue weighted by Gasteiger charge is -2.39. The molecule has 0 amide bonds. The average Bonchev–Trinajstić information content (AvgIpc) is 3.75. The Labute approximate surface area is 215 Å². The van der Waals surface area contributed by atoms with Gasteiger partial charge in [0.05, 0.1) is 6.10 Å². The predicted octanol–water partition coefficient (Wildman–Crippen LogP) is 4.77. The van der Waals surface area contributed by atoms with Crippen LogP contribution in [0.3, 0.4) is 0 Å². The minimum absolute atomic E-state index is 0.0127. The number of nitrogens with one attached hydrogen (secondary N) is 1. The zero-order valence-electron chi connectivity index (χ0n) is 21.6. The van der Waals surface area contributed by atoms with Gasteiger partial charge in [-0.25, -0.2) is 0 Å². The van der Waals surface area contributed by atoms with Gasteiger partial charge in [-0.05, 0) is 43.1 Å². The molecule has 0 radical (unpaired) electrons. The summed E-state index contributed by atoms with van der Waals surface area (Å²) in [7, 11) is 0. The number of rotatable bonds is 12. The van der Waals surface area contributed by atoms with E-state index in [-0.39, 0.29) is 28.9 Å². The molecule has 1 aliphatic heterocycles. The highest BCUT2D eigenvalue weighted by atomic mass is 16.5. The van der Waals surface area contributed by atoms with E-state index in [0.717, 1.165) is 51.3 Å². The van der Waals surface area contributed by atoms with Crippen molar-refractivity contribution in [1.29, 1.82) is 0 Å². The Morgan fingerprint density at radius 2 is 1.72 bits per heavy atom. The lowest BCUT2D eigenvalue weighted by molar-refractivity contribution is 0.00303. The molecule has 0 spiro atoms. The Hall–Kier alpha value is -2.18. The quantitative estimate of drug-likeness (QED) is 0.415. The van der Waals surface area contributed by atoms with Crippen molar-refractivity contribution in [3.05, 3.63) is 56.3 Å². The highest BCUT2D eigenvalue weighted by Gasteiger charge is 2.35. The first-order chi connectivity index (χ1) is 17.6. The van der Waals surface area contributed by atoms with Gasteiger partial charge in [0.1, 0.15) is 11.4 Å². The molecule has 3 N–H and O–H groups in total. The fraction of sp³-hybridized carbons (Fsp3) is 0.667. The molecule has 1 heterocycles. The standard InChI is InChI=1S/C30H43N3O3/c31-19-25(18-22-8-3-1-4-9-22)32-26-27(29(35)28(26)34)33-16-7-12-24(20-33)30(23-10-5-2-6-11-23)36-17-15-21-13-14-21/h2,5-6,10-11,21-22,24-25,30,32H,1,3-4,7-9,12-20,31H2. The highest BCUT2D eigenvalue weighted by Crippen LogP contribution is 2.38. The molecule has 5 rings (SSSR count). The second-order valence-electron chi connectivity index (χ2n) is 11.5. The smallest absolute Gasteiger partial charge is 0.253 e. The van der Waals surface area contributed by atoms with Crippen LogP contribution in [0.5, 0.6) is 0 Å². The van der Waals surface area contributed by atoms with E-state index >= 15 is 0 Å². The van der Waals surface area contributed by atoms with Crippen molar-refractivity contribution < 1.29 is 4.74 Å². The third-order valence-corrected chi connectivity index (χ3v) is 8.71. The molecule has 3 fully saturated rings. The molecule has 3 aliphatic rings. The minimum Gasteiger partial charge on any atom is -0.376 e. The molecular weight excluding hydrogens is 450 g/mol. The molecule has 36 heavy (non-hydrogen) atoms. The van der Waals surface area contributed by atoms with Crippen LogP contribution < -0.4 is 26.8 Å². The normalized spacial score (nSPS) is 23.0. The molecule has 2 aromatic carbocycles. The Kier molecular flexibility index (Phi) is 8.43. The molecule has 6 heteroatoms. The second-order valence-corrected chi connectivity index (χ2v) is 11.5. The maximum atomic E-state index is 12.8. The Morgan fingerprint density at radius 1 is 0.944 bits per heavy atom. The van der Waals surface area contributed by atoms with Crippen LogP contribution in [-0.2, 0) is 4.74 Å². The predicted molar refractivity (Wildman–Crippen MR) is 146 cm³/mol. The molecule has 2 saturated carbocycles. The highest BCUT2D eigenvalue weighted by molar-refractivity contribution is 5.75. The van der Waals surface area contributed by atoms with Crippen LogP contribution in [0.25, 0.3) is 0 Å². The summed E-state index contributed by atoms with van der Waals surface area (Å²) in [5.41, 5.74) is 7.66. The Bertz CT molecular complexity index is 1040. The van der Waals surface area contributed by atoms with Crippen molar-refractivity contribution in [1.82, 2.24) is 0 Å². The summed E-state index contributed by atoms with van der Waals surface area (Å²) in [6.45, 7) is 2.79. The summed E-state index contributed by atoms with van der Waals surface area (Å²) in [5.74, 6) is 1.78. The first-order valence-corrected chi connectivity index (χ1v) is 14.4. The van der Waals surface area contributed by atoms with Crippen LogP contribution in [0.4, 0.5) is 11.4 Å². The third kappa shape index (κ3) is 6.03. The molecule has 3 unspecified atom stereocenters. The van der Waals surface area contributed by atoms with Crippen LogP contribution in [0.15, 0.2) is 39.9 Å². The fourth-order valence-corrected chi connectivity index (χ4v) is 6.43. The zero-order chi connectivity index (χ0) is 24.9. The van der Waals surface area contributed by atoms with Crippen LogP contribution in [0.2, 0.25) is 0 Å². The van der Waals surface area contributed by atoms with Gasteiger partial charge in [-0.2, -0.15) is 0 Å². The minimum atomic E-state index is -0.380. The number of hydrogen-bond acceptors (Lipinski definition) is 6. The monoisotopic (exact) mass is 493 g/mol. The maximum absolute atomic E-state index is 12.8. The van der Waals surface area contributed by atoms with E-state index in [1.807, 2.05) is 6.07 Å². The topological polar surface area (TPSA) is 84.7 Å². The fourth-order valence-electron chi connectivity index (χ4n) is 6.43. The Balaban J connectivity index is 1.28. The van der Waals surface area contributed by atoms with E-state index in [2.05, 4.69) is 34.5 Å².